The Balaban J connectivity index is 2.23. The van der Waals surface area contributed by atoms with Crippen LogP contribution in [0.4, 0.5) is 0 Å². The fraction of sp³-hybridized carbons (Fsp3) is 0.286. The van der Waals surface area contributed by atoms with Gasteiger partial charge in [-0.1, -0.05) is 12.1 Å². The molecule has 1 aromatic carbocycles. The number of fused-ring (bicyclic) bond motifs is 5. The molecular weight excluding hydrogens is 224 g/mol. The lowest BCUT2D eigenvalue weighted by atomic mass is 10.1. The highest BCUT2D eigenvalue weighted by Crippen LogP contribution is 2.27. The standard InChI is InChI=1S/C14H14N4/c1-9-3-2-4-10-13(9)14-11(7-16-10)17-12-8-15-5-6-18(12)14/h2-4,7,15H,5-6,8H2,1H3. The van der Waals surface area contributed by atoms with Crippen LogP contribution in [-0.4, -0.2) is 21.1 Å². The third-order valence-electron chi connectivity index (χ3n) is 3.68. The van der Waals surface area contributed by atoms with Crippen molar-refractivity contribution in [3.8, 4) is 0 Å². The smallest absolute Gasteiger partial charge is 0.124 e. The van der Waals surface area contributed by atoms with Crippen LogP contribution in [0.25, 0.3) is 21.9 Å². The van der Waals surface area contributed by atoms with Gasteiger partial charge in [0, 0.05) is 18.5 Å². The molecule has 0 bridgehead atoms. The molecule has 2 aromatic heterocycles. The lowest BCUT2D eigenvalue weighted by Gasteiger charge is -2.16. The van der Waals surface area contributed by atoms with E-state index in [1.54, 1.807) is 0 Å². The second-order valence-electron chi connectivity index (χ2n) is 4.82. The zero-order chi connectivity index (χ0) is 12.1. The maximum absolute atomic E-state index is 4.68. The minimum absolute atomic E-state index is 0.849. The Morgan fingerprint density at radius 1 is 1.28 bits per heavy atom. The molecule has 4 nitrogen and oxygen atoms in total. The van der Waals surface area contributed by atoms with Crippen molar-refractivity contribution < 1.29 is 0 Å². The SMILES string of the molecule is Cc1cccc2ncc3nc4n(c3c12)CCNC4. The fourth-order valence-corrected chi connectivity index (χ4v) is 2.84. The summed E-state index contributed by atoms with van der Waals surface area (Å²) in [4.78, 5) is 9.20. The van der Waals surface area contributed by atoms with Crippen LogP contribution in [0.15, 0.2) is 24.4 Å². The Morgan fingerprint density at radius 3 is 3.17 bits per heavy atom. The van der Waals surface area contributed by atoms with Gasteiger partial charge in [-0.25, -0.2) is 4.98 Å². The summed E-state index contributed by atoms with van der Waals surface area (Å²) in [6.45, 7) is 4.99. The summed E-state index contributed by atoms with van der Waals surface area (Å²) < 4.78 is 2.34. The summed E-state index contributed by atoms with van der Waals surface area (Å²) in [5, 5.41) is 4.61. The van der Waals surface area contributed by atoms with E-state index in [0.29, 0.717) is 0 Å². The maximum Gasteiger partial charge on any atom is 0.124 e. The minimum atomic E-state index is 0.849. The van der Waals surface area contributed by atoms with Gasteiger partial charge in [-0.15, -0.1) is 0 Å². The van der Waals surface area contributed by atoms with Crippen LogP contribution in [0.5, 0.6) is 0 Å². The summed E-state index contributed by atoms with van der Waals surface area (Å²) >= 11 is 0. The predicted molar refractivity (Wildman–Crippen MR) is 71.5 cm³/mol. The maximum atomic E-state index is 4.68. The zero-order valence-corrected chi connectivity index (χ0v) is 10.3. The molecular formula is C14H14N4. The summed E-state index contributed by atoms with van der Waals surface area (Å²) in [6.07, 6.45) is 1.89. The van der Waals surface area contributed by atoms with Gasteiger partial charge in [0.15, 0.2) is 0 Å². The van der Waals surface area contributed by atoms with Gasteiger partial charge >= 0.3 is 0 Å². The Kier molecular flexibility index (Phi) is 1.96. The van der Waals surface area contributed by atoms with Crippen LogP contribution >= 0.6 is 0 Å². The number of hydrogen-bond acceptors (Lipinski definition) is 3. The van der Waals surface area contributed by atoms with Crippen molar-refractivity contribution in [3.63, 3.8) is 0 Å². The number of nitrogens with one attached hydrogen (secondary N) is 1. The molecule has 0 spiro atoms. The average molecular weight is 238 g/mol. The first-order valence-electron chi connectivity index (χ1n) is 6.29. The molecule has 0 saturated carbocycles. The molecule has 3 heterocycles. The van der Waals surface area contributed by atoms with Gasteiger partial charge in [-0.2, -0.15) is 0 Å². The highest BCUT2D eigenvalue weighted by molar-refractivity contribution is 6.04. The van der Waals surface area contributed by atoms with Gasteiger partial charge in [0.25, 0.3) is 0 Å². The first-order chi connectivity index (χ1) is 8.84. The number of hydrogen-bond donors (Lipinski definition) is 1. The van der Waals surface area contributed by atoms with Gasteiger partial charge in [0.05, 0.1) is 23.8 Å². The molecule has 3 aromatic rings. The van der Waals surface area contributed by atoms with E-state index >= 15 is 0 Å². The predicted octanol–water partition coefficient (Wildman–Crippen LogP) is 2.00. The lowest BCUT2D eigenvalue weighted by molar-refractivity contribution is 0.515. The van der Waals surface area contributed by atoms with E-state index < -0.39 is 0 Å². The summed E-state index contributed by atoms with van der Waals surface area (Å²) in [5.74, 6) is 1.12. The van der Waals surface area contributed by atoms with Crippen molar-refractivity contribution in [1.82, 2.24) is 19.9 Å². The number of imidazole rings is 1. The molecule has 0 fully saturated rings. The summed E-state index contributed by atoms with van der Waals surface area (Å²) in [6, 6.07) is 6.28. The highest BCUT2D eigenvalue weighted by Gasteiger charge is 2.17. The van der Waals surface area contributed by atoms with E-state index in [-0.39, 0.29) is 0 Å². The van der Waals surface area contributed by atoms with E-state index in [1.165, 1.54) is 16.5 Å². The van der Waals surface area contributed by atoms with Crippen molar-refractivity contribution in [2.75, 3.05) is 6.54 Å². The second-order valence-corrected chi connectivity index (χ2v) is 4.82. The molecule has 4 rings (SSSR count). The molecule has 4 heteroatoms. The minimum Gasteiger partial charge on any atom is -0.325 e. The van der Waals surface area contributed by atoms with Crippen LogP contribution in [-0.2, 0) is 13.1 Å². The molecule has 90 valence electrons. The van der Waals surface area contributed by atoms with Crippen LogP contribution in [0.1, 0.15) is 11.4 Å². The molecule has 0 saturated heterocycles. The average Bonchev–Trinajstić information content (AvgIpc) is 2.77. The number of rotatable bonds is 0. The van der Waals surface area contributed by atoms with E-state index in [4.69, 9.17) is 0 Å². The topological polar surface area (TPSA) is 42.7 Å². The van der Waals surface area contributed by atoms with Gasteiger partial charge in [-0.05, 0) is 18.6 Å². The number of pyridine rings is 1. The molecule has 0 radical (unpaired) electrons. The molecule has 18 heavy (non-hydrogen) atoms. The van der Waals surface area contributed by atoms with Gasteiger partial charge in [0.2, 0.25) is 0 Å². The second kappa shape index (κ2) is 3.53. The number of aryl methyl sites for hydroxylation is 1. The number of aromatic nitrogens is 3. The van der Waals surface area contributed by atoms with Crippen LogP contribution in [0, 0.1) is 6.92 Å². The molecule has 0 atom stereocenters. The van der Waals surface area contributed by atoms with Gasteiger partial charge in [0.1, 0.15) is 11.3 Å². The summed E-state index contributed by atoms with van der Waals surface area (Å²) in [5.41, 5.74) is 4.58. The van der Waals surface area contributed by atoms with Crippen molar-refractivity contribution in [2.24, 2.45) is 0 Å². The monoisotopic (exact) mass is 238 g/mol. The molecule has 1 aliphatic heterocycles. The van der Waals surface area contributed by atoms with Crippen LogP contribution < -0.4 is 5.32 Å². The lowest BCUT2D eigenvalue weighted by Crippen LogP contribution is -2.28. The zero-order valence-electron chi connectivity index (χ0n) is 10.3. The highest BCUT2D eigenvalue weighted by atomic mass is 15.2. The Bertz CT molecular complexity index is 757. The Morgan fingerprint density at radius 2 is 2.22 bits per heavy atom. The van der Waals surface area contributed by atoms with E-state index in [9.17, 15) is 0 Å². The van der Waals surface area contributed by atoms with Crippen molar-refractivity contribution >= 4 is 21.9 Å². The van der Waals surface area contributed by atoms with Crippen molar-refractivity contribution in [3.05, 3.63) is 35.8 Å². The molecule has 0 unspecified atom stereocenters. The number of benzene rings is 1. The Hall–Kier alpha value is -1.94. The quantitative estimate of drug-likeness (QED) is 0.651. The van der Waals surface area contributed by atoms with E-state index in [1.807, 2.05) is 6.20 Å². The first-order valence-corrected chi connectivity index (χ1v) is 6.29. The Labute approximate surface area is 105 Å². The van der Waals surface area contributed by atoms with Gasteiger partial charge < -0.3 is 9.88 Å². The summed E-state index contributed by atoms with van der Waals surface area (Å²) in [7, 11) is 0. The normalized spacial score (nSPS) is 15.2. The van der Waals surface area contributed by atoms with Gasteiger partial charge in [-0.3, -0.25) is 4.98 Å². The fourth-order valence-electron chi connectivity index (χ4n) is 2.84. The molecule has 1 N–H and O–H groups in total. The van der Waals surface area contributed by atoms with Crippen molar-refractivity contribution in [1.29, 1.82) is 0 Å². The molecule has 0 aliphatic carbocycles. The van der Waals surface area contributed by atoms with Crippen LogP contribution in [0.2, 0.25) is 0 Å². The number of nitrogens with zero attached hydrogens (tertiary/aromatic N) is 3. The first kappa shape index (κ1) is 10.0. The largest absolute Gasteiger partial charge is 0.325 e. The molecule has 0 amide bonds. The van der Waals surface area contributed by atoms with E-state index in [2.05, 4.69) is 45.0 Å². The molecule has 1 aliphatic rings. The van der Waals surface area contributed by atoms with Crippen LogP contribution in [0.3, 0.4) is 0 Å². The van der Waals surface area contributed by atoms with Crippen molar-refractivity contribution in [2.45, 2.75) is 20.0 Å². The van der Waals surface area contributed by atoms with E-state index in [0.717, 1.165) is 36.5 Å². The third kappa shape index (κ3) is 1.24. The third-order valence-corrected chi connectivity index (χ3v) is 3.68.